The largest absolute Gasteiger partial charge is 0.349 e. The Kier molecular flexibility index (Phi) is 4.64. The van der Waals surface area contributed by atoms with Crippen LogP contribution in [0.5, 0.6) is 0 Å². The van der Waals surface area contributed by atoms with Gasteiger partial charge in [0.15, 0.2) is 0 Å². The van der Waals surface area contributed by atoms with Crippen LogP contribution in [0.15, 0.2) is 18.5 Å². The number of amides is 2. The van der Waals surface area contributed by atoms with Crippen LogP contribution in [0, 0.1) is 12.8 Å². The van der Waals surface area contributed by atoms with E-state index in [2.05, 4.69) is 32.6 Å². The van der Waals surface area contributed by atoms with E-state index < -0.39 is 0 Å². The molecule has 2 aromatic heterocycles. The number of carbonyl (C=O) groups is 1. The number of urea groups is 1. The summed E-state index contributed by atoms with van der Waals surface area (Å²) in [5, 5.41) is 10.3. The van der Waals surface area contributed by atoms with Crippen molar-refractivity contribution in [3.8, 4) is 0 Å². The molecule has 1 fully saturated rings. The Morgan fingerprint density at radius 3 is 3.04 bits per heavy atom. The number of carbonyl (C=O) groups excluding carboxylic acids is 1. The van der Waals surface area contributed by atoms with Crippen molar-refractivity contribution in [1.29, 1.82) is 0 Å². The molecule has 0 saturated heterocycles. The normalized spacial score (nSPS) is 15.4. The Labute approximate surface area is 135 Å². The number of hydrogen-bond acceptors (Lipinski definition) is 3. The van der Waals surface area contributed by atoms with E-state index in [0.29, 0.717) is 18.5 Å². The minimum atomic E-state index is -0.186. The van der Waals surface area contributed by atoms with Crippen LogP contribution in [0.2, 0.25) is 0 Å². The summed E-state index contributed by atoms with van der Waals surface area (Å²) in [5.41, 5.74) is 0.922. The van der Waals surface area contributed by atoms with E-state index in [0.717, 1.165) is 30.2 Å². The van der Waals surface area contributed by atoms with Crippen molar-refractivity contribution in [2.45, 2.75) is 45.6 Å². The number of nitrogens with one attached hydrogen (secondary N) is 3. The Morgan fingerprint density at radius 2 is 2.35 bits per heavy atom. The van der Waals surface area contributed by atoms with Crippen molar-refractivity contribution in [1.82, 2.24) is 25.1 Å². The quantitative estimate of drug-likeness (QED) is 0.686. The summed E-state index contributed by atoms with van der Waals surface area (Å²) in [7, 11) is 0. The van der Waals surface area contributed by atoms with Gasteiger partial charge in [0.25, 0.3) is 0 Å². The molecular formula is C16H24N6O. The zero-order chi connectivity index (χ0) is 16.2. The maximum absolute atomic E-state index is 12.1. The van der Waals surface area contributed by atoms with Gasteiger partial charge in [0.1, 0.15) is 11.6 Å². The maximum atomic E-state index is 12.1. The summed E-state index contributed by atoms with van der Waals surface area (Å²) in [5.74, 6) is 2.40. The molecule has 1 aliphatic carbocycles. The molecule has 7 nitrogen and oxygen atoms in total. The highest BCUT2D eigenvalue weighted by molar-refractivity contribution is 5.88. The summed E-state index contributed by atoms with van der Waals surface area (Å²) >= 11 is 0. The fourth-order valence-corrected chi connectivity index (χ4v) is 2.75. The van der Waals surface area contributed by atoms with Crippen LogP contribution in [0.4, 0.5) is 10.6 Å². The highest BCUT2D eigenvalue weighted by Crippen LogP contribution is 2.40. The number of H-pyrrole nitrogens is 1. The van der Waals surface area contributed by atoms with E-state index in [1.54, 1.807) is 12.4 Å². The van der Waals surface area contributed by atoms with Gasteiger partial charge in [-0.25, -0.2) is 14.5 Å². The third-order valence-electron chi connectivity index (χ3n) is 4.22. The molecule has 0 aliphatic heterocycles. The van der Waals surface area contributed by atoms with Gasteiger partial charge in [0.05, 0.1) is 11.7 Å². The van der Waals surface area contributed by atoms with Crippen LogP contribution in [-0.4, -0.2) is 32.3 Å². The number of nitrogens with zero attached hydrogens (tertiary/aromatic N) is 3. The predicted molar refractivity (Wildman–Crippen MR) is 88.3 cm³/mol. The molecule has 0 spiro atoms. The molecule has 2 amide bonds. The highest BCUT2D eigenvalue weighted by Gasteiger charge is 2.31. The minimum Gasteiger partial charge on any atom is -0.349 e. The van der Waals surface area contributed by atoms with Gasteiger partial charge in [0.2, 0.25) is 0 Å². The molecule has 2 heterocycles. The lowest BCUT2D eigenvalue weighted by Gasteiger charge is -2.15. The van der Waals surface area contributed by atoms with E-state index >= 15 is 0 Å². The van der Waals surface area contributed by atoms with Gasteiger partial charge in [-0.15, -0.1) is 0 Å². The number of hydrogen-bond donors (Lipinski definition) is 3. The zero-order valence-corrected chi connectivity index (χ0v) is 13.7. The van der Waals surface area contributed by atoms with E-state index in [9.17, 15) is 4.79 Å². The lowest BCUT2D eigenvalue weighted by Crippen LogP contribution is -2.31. The number of aromatic nitrogens is 4. The maximum Gasteiger partial charge on any atom is 0.320 e. The van der Waals surface area contributed by atoms with E-state index in [1.165, 1.54) is 12.8 Å². The second kappa shape index (κ2) is 6.85. The van der Waals surface area contributed by atoms with E-state index in [4.69, 9.17) is 0 Å². The van der Waals surface area contributed by atoms with Crippen LogP contribution in [0.3, 0.4) is 0 Å². The molecule has 0 bridgehead atoms. The second-order valence-corrected chi connectivity index (χ2v) is 6.21. The predicted octanol–water partition coefficient (Wildman–Crippen LogP) is 2.64. The highest BCUT2D eigenvalue weighted by atomic mass is 16.2. The van der Waals surface area contributed by atoms with E-state index in [-0.39, 0.29) is 6.03 Å². The standard InChI is InChI=1S/C16H24N6O/c1-11-10-15(22(21-11)12(2)13-5-6-13)20-16(23)19-7-3-4-14-17-8-9-18-14/h8-10,12-13H,3-7H2,1-2H3,(H,17,18)(H2,19,20,23)/t12-/m1/s1. The molecule has 0 aromatic carbocycles. The van der Waals surface area contributed by atoms with Crippen LogP contribution < -0.4 is 10.6 Å². The zero-order valence-electron chi connectivity index (χ0n) is 13.7. The molecule has 7 heteroatoms. The van der Waals surface area contributed by atoms with Crippen molar-refractivity contribution < 1.29 is 4.79 Å². The summed E-state index contributed by atoms with van der Waals surface area (Å²) in [6.07, 6.45) is 7.71. The lowest BCUT2D eigenvalue weighted by atomic mass is 10.2. The first kappa shape index (κ1) is 15.6. The first-order valence-corrected chi connectivity index (χ1v) is 8.22. The summed E-state index contributed by atoms with van der Waals surface area (Å²) in [4.78, 5) is 19.3. The minimum absolute atomic E-state index is 0.186. The molecule has 2 aromatic rings. The number of imidazole rings is 1. The smallest absolute Gasteiger partial charge is 0.320 e. The molecule has 1 atom stereocenters. The Bertz CT molecular complexity index is 644. The molecule has 1 aliphatic rings. The van der Waals surface area contributed by atoms with Gasteiger partial charge in [-0.2, -0.15) is 5.10 Å². The molecule has 124 valence electrons. The van der Waals surface area contributed by atoms with Gasteiger partial charge in [-0.05, 0) is 39.0 Å². The molecule has 23 heavy (non-hydrogen) atoms. The summed E-state index contributed by atoms with van der Waals surface area (Å²) in [6, 6.07) is 2.06. The van der Waals surface area contributed by atoms with Crippen molar-refractivity contribution in [2.24, 2.45) is 5.92 Å². The Hall–Kier alpha value is -2.31. The fraction of sp³-hybridized carbons (Fsp3) is 0.562. The Morgan fingerprint density at radius 1 is 1.52 bits per heavy atom. The van der Waals surface area contributed by atoms with E-state index in [1.807, 2.05) is 17.7 Å². The molecule has 1 saturated carbocycles. The Balaban J connectivity index is 1.47. The molecule has 0 unspecified atom stereocenters. The topological polar surface area (TPSA) is 87.6 Å². The van der Waals surface area contributed by atoms with Gasteiger partial charge < -0.3 is 10.3 Å². The van der Waals surface area contributed by atoms with Crippen LogP contribution in [0.1, 0.15) is 43.7 Å². The van der Waals surface area contributed by atoms with Crippen LogP contribution in [0.25, 0.3) is 0 Å². The van der Waals surface area contributed by atoms with Gasteiger partial charge in [-0.1, -0.05) is 0 Å². The second-order valence-electron chi connectivity index (χ2n) is 6.21. The summed E-state index contributed by atoms with van der Waals surface area (Å²) < 4.78 is 1.94. The third kappa shape index (κ3) is 4.12. The van der Waals surface area contributed by atoms with Crippen molar-refractivity contribution in [3.63, 3.8) is 0 Å². The average Bonchev–Trinajstić information content (AvgIpc) is 3.12. The molecule has 3 N–H and O–H groups in total. The van der Waals surface area contributed by atoms with Gasteiger partial charge >= 0.3 is 6.03 Å². The molecular weight excluding hydrogens is 292 g/mol. The van der Waals surface area contributed by atoms with Crippen LogP contribution >= 0.6 is 0 Å². The van der Waals surface area contributed by atoms with Crippen molar-refractivity contribution >= 4 is 11.8 Å². The fourth-order valence-electron chi connectivity index (χ4n) is 2.75. The monoisotopic (exact) mass is 316 g/mol. The first-order chi connectivity index (χ1) is 11.1. The third-order valence-corrected chi connectivity index (χ3v) is 4.22. The number of rotatable bonds is 7. The van der Waals surface area contributed by atoms with Gasteiger partial charge in [-0.3, -0.25) is 5.32 Å². The molecule has 3 rings (SSSR count). The first-order valence-electron chi connectivity index (χ1n) is 8.22. The number of aryl methyl sites for hydroxylation is 2. The number of anilines is 1. The van der Waals surface area contributed by atoms with Crippen molar-refractivity contribution in [3.05, 3.63) is 30.0 Å². The van der Waals surface area contributed by atoms with Crippen molar-refractivity contribution in [2.75, 3.05) is 11.9 Å². The SMILES string of the molecule is Cc1cc(NC(=O)NCCCc2ncc[nH]2)n([C@H](C)C2CC2)n1. The van der Waals surface area contributed by atoms with Crippen LogP contribution in [-0.2, 0) is 6.42 Å². The lowest BCUT2D eigenvalue weighted by molar-refractivity contribution is 0.251. The summed E-state index contributed by atoms with van der Waals surface area (Å²) in [6.45, 7) is 4.72. The average molecular weight is 316 g/mol. The van der Waals surface area contributed by atoms with Gasteiger partial charge in [0, 0.05) is 31.4 Å². The number of aromatic amines is 1. The molecule has 0 radical (unpaired) electrons.